The van der Waals surface area contributed by atoms with Crippen molar-refractivity contribution < 1.29 is 23.1 Å². The molecule has 0 unspecified atom stereocenters. The van der Waals surface area contributed by atoms with Crippen molar-refractivity contribution in [3.05, 3.63) is 34.5 Å². The van der Waals surface area contributed by atoms with Crippen LogP contribution in [-0.2, 0) is 25.6 Å². The quantitative estimate of drug-likeness (QED) is 0.570. The van der Waals surface area contributed by atoms with E-state index in [1.165, 1.54) is 6.08 Å². The maximum absolute atomic E-state index is 12.6. The van der Waals surface area contributed by atoms with Gasteiger partial charge in [0.15, 0.2) is 0 Å². The number of benzene rings is 1. The average Bonchev–Trinajstić information content (AvgIpc) is 2.81. The second-order valence-electron chi connectivity index (χ2n) is 9.34. The van der Waals surface area contributed by atoms with E-state index >= 15 is 0 Å². The summed E-state index contributed by atoms with van der Waals surface area (Å²) in [4.78, 5) is 24.8. The van der Waals surface area contributed by atoms with Gasteiger partial charge in [-0.25, -0.2) is 13.2 Å². The monoisotopic (exact) mass is 422 g/mol. The summed E-state index contributed by atoms with van der Waals surface area (Å²) in [7, 11) is -4.01. The standard InChI is InChI=1S/C21H30N2O5S/c1-8-9-29(27,28)23-18(25)16(22-19(23)26)12-13-10-14(20(2,3)4)17(24)15(11-13)21(5,6)7/h10-12,24H,8-9H2,1-7H3,(H,22,26)/b16-12-. The van der Waals surface area contributed by atoms with Gasteiger partial charge in [0.1, 0.15) is 11.4 Å². The molecule has 3 amide bonds. The fraction of sp³-hybridized carbons (Fsp3) is 0.524. The highest BCUT2D eigenvalue weighted by molar-refractivity contribution is 7.90. The fourth-order valence-electron chi connectivity index (χ4n) is 3.17. The van der Waals surface area contributed by atoms with Crippen LogP contribution in [0.15, 0.2) is 17.8 Å². The Morgan fingerprint density at radius 1 is 1.03 bits per heavy atom. The van der Waals surface area contributed by atoms with E-state index in [2.05, 4.69) is 5.32 Å². The van der Waals surface area contributed by atoms with Crippen LogP contribution >= 0.6 is 0 Å². The van der Waals surface area contributed by atoms with Crippen LogP contribution in [-0.4, -0.2) is 35.5 Å². The van der Waals surface area contributed by atoms with Crippen molar-refractivity contribution in [3.63, 3.8) is 0 Å². The minimum Gasteiger partial charge on any atom is -0.507 e. The molecule has 1 aromatic carbocycles. The molecule has 8 heteroatoms. The molecule has 2 rings (SSSR count). The second-order valence-corrected chi connectivity index (χ2v) is 11.3. The van der Waals surface area contributed by atoms with Crippen LogP contribution < -0.4 is 5.32 Å². The summed E-state index contributed by atoms with van der Waals surface area (Å²) < 4.78 is 24.8. The fourth-order valence-corrected chi connectivity index (χ4v) is 4.52. The normalized spacial score (nSPS) is 17.2. The number of amides is 3. The predicted molar refractivity (Wildman–Crippen MR) is 113 cm³/mol. The highest BCUT2D eigenvalue weighted by Gasteiger charge is 2.42. The van der Waals surface area contributed by atoms with Gasteiger partial charge in [-0.05, 0) is 41.0 Å². The van der Waals surface area contributed by atoms with Gasteiger partial charge in [-0.2, -0.15) is 0 Å². The molecule has 0 spiro atoms. The maximum atomic E-state index is 12.6. The molecular formula is C21H30N2O5S. The van der Waals surface area contributed by atoms with Gasteiger partial charge < -0.3 is 10.4 Å². The molecule has 1 aliphatic heterocycles. The molecule has 1 aromatic rings. The number of carbonyl (C=O) groups excluding carboxylic acids is 2. The number of phenols is 1. The number of hydrogen-bond donors (Lipinski definition) is 2. The smallest absolute Gasteiger partial charge is 0.343 e. The van der Waals surface area contributed by atoms with Gasteiger partial charge in [0, 0.05) is 11.1 Å². The van der Waals surface area contributed by atoms with Crippen LogP contribution in [0.1, 0.15) is 71.6 Å². The first-order chi connectivity index (χ1) is 13.1. The number of sulfonamides is 1. The van der Waals surface area contributed by atoms with Gasteiger partial charge >= 0.3 is 6.03 Å². The van der Waals surface area contributed by atoms with Crippen molar-refractivity contribution >= 4 is 28.0 Å². The van der Waals surface area contributed by atoms with Gasteiger partial charge in [-0.15, -0.1) is 4.31 Å². The number of aromatic hydroxyl groups is 1. The number of nitrogens with one attached hydrogen (secondary N) is 1. The Kier molecular flexibility index (Phi) is 5.91. The van der Waals surface area contributed by atoms with Gasteiger partial charge in [0.05, 0.1) is 5.75 Å². The lowest BCUT2D eigenvalue weighted by Gasteiger charge is -2.28. The Bertz CT molecular complexity index is 944. The summed E-state index contributed by atoms with van der Waals surface area (Å²) in [6.45, 7) is 13.4. The highest BCUT2D eigenvalue weighted by atomic mass is 32.2. The van der Waals surface area contributed by atoms with Crippen molar-refractivity contribution in [1.82, 2.24) is 9.62 Å². The van der Waals surface area contributed by atoms with E-state index in [4.69, 9.17) is 0 Å². The van der Waals surface area contributed by atoms with Crippen LogP contribution in [0.3, 0.4) is 0 Å². The lowest BCUT2D eigenvalue weighted by atomic mass is 9.78. The molecule has 1 saturated heterocycles. The van der Waals surface area contributed by atoms with Crippen molar-refractivity contribution in [2.75, 3.05) is 5.75 Å². The Morgan fingerprint density at radius 3 is 1.93 bits per heavy atom. The Morgan fingerprint density at radius 2 is 1.52 bits per heavy atom. The van der Waals surface area contributed by atoms with E-state index in [1.807, 2.05) is 41.5 Å². The number of urea groups is 1. The summed E-state index contributed by atoms with van der Waals surface area (Å²) in [5.41, 5.74) is 1.15. The third-order valence-corrected chi connectivity index (χ3v) is 6.45. The molecule has 0 atom stereocenters. The molecular weight excluding hydrogens is 392 g/mol. The van der Waals surface area contributed by atoms with Gasteiger partial charge in [0.25, 0.3) is 5.91 Å². The Labute approximate surface area is 172 Å². The van der Waals surface area contributed by atoms with Crippen molar-refractivity contribution in [3.8, 4) is 5.75 Å². The summed E-state index contributed by atoms with van der Waals surface area (Å²) in [5, 5.41) is 13.2. The lowest BCUT2D eigenvalue weighted by molar-refractivity contribution is -0.119. The predicted octanol–water partition coefficient (Wildman–Crippen LogP) is 3.62. The molecule has 2 N–H and O–H groups in total. The Balaban J connectivity index is 2.60. The number of carbonyl (C=O) groups is 2. The van der Waals surface area contributed by atoms with E-state index in [0.29, 0.717) is 23.1 Å². The maximum Gasteiger partial charge on any atom is 0.343 e. The summed E-state index contributed by atoms with van der Waals surface area (Å²) in [6, 6.07) is 2.53. The van der Waals surface area contributed by atoms with Gasteiger partial charge in [0.2, 0.25) is 10.0 Å². The zero-order valence-corrected chi connectivity index (χ0v) is 18.9. The molecule has 1 aliphatic rings. The number of hydrogen-bond acceptors (Lipinski definition) is 5. The van der Waals surface area contributed by atoms with Gasteiger partial charge in [-0.1, -0.05) is 48.5 Å². The molecule has 7 nitrogen and oxygen atoms in total. The molecule has 0 aliphatic carbocycles. The summed E-state index contributed by atoms with van der Waals surface area (Å²) in [6.07, 6.45) is 1.74. The van der Waals surface area contributed by atoms with E-state index in [-0.39, 0.29) is 32.3 Å². The molecule has 1 heterocycles. The zero-order valence-electron chi connectivity index (χ0n) is 18.1. The highest BCUT2D eigenvalue weighted by Crippen LogP contribution is 2.40. The second kappa shape index (κ2) is 7.48. The third-order valence-electron chi connectivity index (χ3n) is 4.64. The first kappa shape index (κ1) is 22.9. The van der Waals surface area contributed by atoms with Crippen molar-refractivity contribution in [2.24, 2.45) is 0 Å². The molecule has 0 radical (unpaired) electrons. The Hall–Kier alpha value is -2.35. The van der Waals surface area contributed by atoms with E-state index < -0.39 is 22.0 Å². The van der Waals surface area contributed by atoms with Crippen LogP contribution in [0.5, 0.6) is 5.75 Å². The molecule has 0 aromatic heterocycles. The number of nitrogens with zero attached hydrogens (tertiary/aromatic N) is 1. The lowest BCUT2D eigenvalue weighted by Crippen LogP contribution is -2.38. The topological polar surface area (TPSA) is 104 Å². The van der Waals surface area contributed by atoms with Crippen LogP contribution in [0.2, 0.25) is 0 Å². The SMILES string of the molecule is CCCS(=O)(=O)N1C(=O)N/C(=C\c2cc(C(C)(C)C)c(O)c(C(C)(C)C)c2)C1=O. The minimum absolute atomic E-state index is 0.111. The average molecular weight is 423 g/mol. The van der Waals surface area contributed by atoms with Crippen LogP contribution in [0.4, 0.5) is 4.79 Å². The minimum atomic E-state index is -4.01. The molecule has 160 valence electrons. The zero-order chi connectivity index (χ0) is 22.4. The largest absolute Gasteiger partial charge is 0.507 e. The van der Waals surface area contributed by atoms with Gasteiger partial charge in [-0.3, -0.25) is 4.79 Å². The first-order valence-electron chi connectivity index (χ1n) is 9.57. The molecule has 29 heavy (non-hydrogen) atoms. The summed E-state index contributed by atoms with van der Waals surface area (Å²) >= 11 is 0. The van der Waals surface area contributed by atoms with Crippen molar-refractivity contribution in [1.29, 1.82) is 0 Å². The number of phenolic OH excluding ortho intramolecular Hbond substituents is 1. The summed E-state index contributed by atoms with van der Waals surface area (Å²) in [5.74, 6) is -0.992. The van der Waals surface area contributed by atoms with Crippen LogP contribution in [0.25, 0.3) is 6.08 Å². The van der Waals surface area contributed by atoms with E-state index in [0.717, 1.165) is 0 Å². The van der Waals surface area contributed by atoms with E-state index in [9.17, 15) is 23.1 Å². The molecule has 0 bridgehead atoms. The third kappa shape index (κ3) is 4.63. The van der Waals surface area contributed by atoms with Crippen LogP contribution in [0, 0.1) is 0 Å². The van der Waals surface area contributed by atoms with E-state index in [1.54, 1.807) is 19.1 Å². The number of rotatable bonds is 4. The molecule has 0 saturated carbocycles. The van der Waals surface area contributed by atoms with Crippen molar-refractivity contribution in [2.45, 2.75) is 65.7 Å². The number of imide groups is 1. The first-order valence-corrected chi connectivity index (χ1v) is 11.2. The molecule has 1 fully saturated rings.